The summed E-state index contributed by atoms with van der Waals surface area (Å²) in [5.41, 5.74) is -0.0605. The van der Waals surface area contributed by atoms with Crippen molar-refractivity contribution in [3.63, 3.8) is 0 Å². The molecule has 1 fully saturated rings. The van der Waals surface area contributed by atoms with Gasteiger partial charge in [-0.3, -0.25) is 0 Å². The fourth-order valence-corrected chi connectivity index (χ4v) is 3.87. The molecule has 0 unspecified atom stereocenters. The quantitative estimate of drug-likeness (QED) is 0.472. The highest BCUT2D eigenvalue weighted by Crippen LogP contribution is 2.46. The SMILES string of the molecule is CCC1(CC)OB(c2cnc(OCCCC(F)(F)F)nc2)OC1(CC)CC. The number of alkyl halides is 3. The van der Waals surface area contributed by atoms with Gasteiger partial charge in [-0.2, -0.15) is 13.2 Å². The Kier molecular flexibility index (Phi) is 7.13. The van der Waals surface area contributed by atoms with Crippen LogP contribution in [0, 0.1) is 0 Å². The lowest BCUT2D eigenvalue weighted by Crippen LogP contribution is -2.50. The average molecular weight is 388 g/mol. The molecule has 27 heavy (non-hydrogen) atoms. The fourth-order valence-electron chi connectivity index (χ4n) is 3.87. The van der Waals surface area contributed by atoms with Gasteiger partial charge in [-0.1, -0.05) is 27.7 Å². The number of nitrogens with zero attached hydrogens (tertiary/aromatic N) is 2. The summed E-state index contributed by atoms with van der Waals surface area (Å²) in [7, 11) is -0.566. The third kappa shape index (κ3) is 4.74. The van der Waals surface area contributed by atoms with Crippen molar-refractivity contribution in [3.8, 4) is 6.01 Å². The van der Waals surface area contributed by atoms with E-state index in [1.165, 1.54) is 0 Å². The Hall–Kier alpha value is -1.35. The van der Waals surface area contributed by atoms with E-state index in [2.05, 4.69) is 37.7 Å². The molecule has 5 nitrogen and oxygen atoms in total. The molecule has 0 amide bonds. The fraction of sp³-hybridized carbons (Fsp3) is 0.778. The maximum absolute atomic E-state index is 12.1. The van der Waals surface area contributed by atoms with Gasteiger partial charge in [0.1, 0.15) is 0 Å². The van der Waals surface area contributed by atoms with Crippen molar-refractivity contribution in [2.24, 2.45) is 0 Å². The zero-order valence-electron chi connectivity index (χ0n) is 16.4. The second kappa shape index (κ2) is 8.77. The number of hydrogen-bond acceptors (Lipinski definition) is 5. The smallest absolute Gasteiger partial charge is 0.463 e. The first-order valence-corrected chi connectivity index (χ1v) is 9.62. The third-order valence-corrected chi connectivity index (χ3v) is 5.54. The minimum Gasteiger partial charge on any atom is -0.463 e. The predicted molar refractivity (Wildman–Crippen MR) is 97.0 cm³/mol. The number of rotatable bonds is 9. The largest absolute Gasteiger partial charge is 0.498 e. The highest BCUT2D eigenvalue weighted by molar-refractivity contribution is 6.61. The van der Waals surface area contributed by atoms with Crippen molar-refractivity contribution in [1.82, 2.24) is 9.97 Å². The van der Waals surface area contributed by atoms with Crippen LogP contribution in [0.5, 0.6) is 6.01 Å². The molecule has 2 rings (SSSR count). The number of aromatic nitrogens is 2. The van der Waals surface area contributed by atoms with E-state index in [1.54, 1.807) is 12.4 Å². The summed E-state index contributed by atoms with van der Waals surface area (Å²) in [5, 5.41) is 0. The van der Waals surface area contributed by atoms with Gasteiger partial charge in [0.05, 0.1) is 17.8 Å². The molecule has 0 saturated carbocycles. The number of hydrogen-bond donors (Lipinski definition) is 0. The standard InChI is InChI=1S/C18H28BF3N2O3/c1-5-16(6-2)17(7-3,8-4)27-19(26-16)14-12-23-15(24-13-14)25-11-9-10-18(20,21)22/h12-13H,5-11H2,1-4H3. The zero-order chi connectivity index (χ0) is 20.1. The molecular weight excluding hydrogens is 360 g/mol. The molecule has 0 spiro atoms. The van der Waals surface area contributed by atoms with E-state index in [-0.39, 0.29) is 30.2 Å². The van der Waals surface area contributed by atoms with Gasteiger partial charge in [-0.05, 0) is 32.1 Å². The molecule has 0 aromatic carbocycles. The van der Waals surface area contributed by atoms with Gasteiger partial charge in [0.2, 0.25) is 0 Å². The van der Waals surface area contributed by atoms with Gasteiger partial charge in [0.15, 0.2) is 0 Å². The van der Waals surface area contributed by atoms with Crippen LogP contribution in [0.4, 0.5) is 13.2 Å². The van der Waals surface area contributed by atoms with Crippen molar-refractivity contribution in [2.45, 2.75) is 83.6 Å². The molecule has 0 aliphatic carbocycles. The van der Waals surface area contributed by atoms with Gasteiger partial charge < -0.3 is 14.0 Å². The molecule has 0 atom stereocenters. The summed E-state index contributed by atoms with van der Waals surface area (Å²) >= 11 is 0. The Morgan fingerprint density at radius 3 is 1.85 bits per heavy atom. The monoisotopic (exact) mass is 388 g/mol. The van der Waals surface area contributed by atoms with Gasteiger partial charge in [-0.15, -0.1) is 0 Å². The van der Waals surface area contributed by atoms with Crippen LogP contribution in [0.3, 0.4) is 0 Å². The molecule has 0 bridgehead atoms. The Bertz CT molecular complexity index is 571. The van der Waals surface area contributed by atoms with Gasteiger partial charge in [0.25, 0.3) is 0 Å². The lowest BCUT2D eigenvalue weighted by molar-refractivity contribution is -0.136. The summed E-state index contributed by atoms with van der Waals surface area (Å²) in [6.07, 6.45) is 1.25. The second-order valence-corrected chi connectivity index (χ2v) is 6.84. The Balaban J connectivity index is 2.03. The molecule has 1 aromatic heterocycles. The highest BCUT2D eigenvalue weighted by atomic mass is 19.4. The molecule has 1 aliphatic heterocycles. The van der Waals surface area contributed by atoms with Crippen LogP contribution >= 0.6 is 0 Å². The molecule has 1 aromatic rings. The van der Waals surface area contributed by atoms with E-state index < -0.39 is 19.7 Å². The van der Waals surface area contributed by atoms with E-state index in [1.807, 2.05) is 0 Å². The minimum atomic E-state index is -4.18. The summed E-state index contributed by atoms with van der Waals surface area (Å²) in [4.78, 5) is 8.16. The summed E-state index contributed by atoms with van der Waals surface area (Å²) in [6.45, 7) is 8.32. The number of halogens is 3. The average Bonchev–Trinajstić information content (AvgIpc) is 3.00. The van der Waals surface area contributed by atoms with Crippen LogP contribution in [0.2, 0.25) is 0 Å². The van der Waals surface area contributed by atoms with Crippen molar-refractivity contribution in [1.29, 1.82) is 0 Å². The van der Waals surface area contributed by atoms with Crippen LogP contribution in [0.15, 0.2) is 12.4 Å². The molecule has 1 saturated heterocycles. The van der Waals surface area contributed by atoms with Gasteiger partial charge >= 0.3 is 19.3 Å². The van der Waals surface area contributed by atoms with E-state index in [9.17, 15) is 13.2 Å². The maximum Gasteiger partial charge on any atom is 0.498 e. The molecular formula is C18H28BF3N2O3. The zero-order valence-corrected chi connectivity index (χ0v) is 16.4. The molecule has 2 heterocycles. The molecule has 0 radical (unpaired) electrons. The lowest BCUT2D eigenvalue weighted by Gasteiger charge is -2.42. The van der Waals surface area contributed by atoms with Crippen LogP contribution in [-0.2, 0) is 9.31 Å². The normalized spacial score (nSPS) is 18.7. The summed E-state index contributed by atoms with van der Waals surface area (Å²) in [5.74, 6) is 0. The van der Waals surface area contributed by atoms with Crippen LogP contribution in [0.1, 0.15) is 66.2 Å². The van der Waals surface area contributed by atoms with Gasteiger partial charge in [-0.25, -0.2) is 9.97 Å². The van der Waals surface area contributed by atoms with E-state index in [0.29, 0.717) is 5.46 Å². The Labute approximate surface area is 159 Å². The first kappa shape index (κ1) is 21.9. The van der Waals surface area contributed by atoms with Crippen LogP contribution < -0.4 is 10.2 Å². The highest BCUT2D eigenvalue weighted by Gasteiger charge is 2.58. The Morgan fingerprint density at radius 2 is 1.44 bits per heavy atom. The van der Waals surface area contributed by atoms with Gasteiger partial charge in [0, 0.05) is 24.3 Å². The predicted octanol–water partition coefficient (Wildman–Crippen LogP) is 4.06. The van der Waals surface area contributed by atoms with E-state index >= 15 is 0 Å². The van der Waals surface area contributed by atoms with Crippen LogP contribution in [-0.4, -0.2) is 41.1 Å². The van der Waals surface area contributed by atoms with Crippen molar-refractivity contribution in [3.05, 3.63) is 12.4 Å². The first-order valence-electron chi connectivity index (χ1n) is 9.62. The van der Waals surface area contributed by atoms with Crippen LogP contribution in [0.25, 0.3) is 0 Å². The first-order chi connectivity index (χ1) is 12.7. The molecule has 0 N–H and O–H groups in total. The summed E-state index contributed by atoms with van der Waals surface area (Å²) < 4.78 is 54.3. The second-order valence-electron chi connectivity index (χ2n) is 6.84. The van der Waals surface area contributed by atoms with Crippen molar-refractivity contribution in [2.75, 3.05) is 6.61 Å². The maximum atomic E-state index is 12.1. The van der Waals surface area contributed by atoms with E-state index in [0.717, 1.165) is 25.7 Å². The third-order valence-electron chi connectivity index (χ3n) is 5.54. The minimum absolute atomic E-state index is 0.0495. The summed E-state index contributed by atoms with van der Waals surface area (Å²) in [6, 6.07) is 0.0495. The molecule has 152 valence electrons. The topological polar surface area (TPSA) is 53.5 Å². The van der Waals surface area contributed by atoms with Crippen molar-refractivity contribution >= 4 is 12.6 Å². The lowest BCUT2D eigenvalue weighted by atomic mass is 9.75. The molecule has 1 aliphatic rings. The van der Waals surface area contributed by atoms with E-state index in [4.69, 9.17) is 14.0 Å². The Morgan fingerprint density at radius 1 is 0.963 bits per heavy atom. The number of ether oxygens (including phenoxy) is 1. The van der Waals surface area contributed by atoms with Crippen molar-refractivity contribution < 1.29 is 27.2 Å². The molecule has 9 heteroatoms.